The first kappa shape index (κ1) is 11.0. The van der Waals surface area contributed by atoms with Gasteiger partial charge in [-0.05, 0) is 27.2 Å². The summed E-state index contributed by atoms with van der Waals surface area (Å²) in [5.41, 5.74) is 0.346. The van der Waals surface area contributed by atoms with Crippen molar-refractivity contribution < 1.29 is 0 Å². The second-order valence-electron chi connectivity index (χ2n) is 5.17. The molecule has 1 heterocycles. The van der Waals surface area contributed by atoms with Crippen molar-refractivity contribution >= 4 is 0 Å². The average Bonchev–Trinajstić information content (AvgIpc) is 2.29. The monoisotopic (exact) mass is 184 g/mol. The van der Waals surface area contributed by atoms with Crippen molar-refractivity contribution in [1.29, 1.82) is 0 Å². The highest BCUT2D eigenvalue weighted by Crippen LogP contribution is 2.22. The molecule has 0 aliphatic carbocycles. The van der Waals surface area contributed by atoms with E-state index in [0.717, 1.165) is 0 Å². The summed E-state index contributed by atoms with van der Waals surface area (Å²) >= 11 is 0. The van der Waals surface area contributed by atoms with Crippen molar-refractivity contribution in [3.63, 3.8) is 0 Å². The first-order valence-corrected chi connectivity index (χ1v) is 5.45. The highest BCUT2D eigenvalue weighted by molar-refractivity contribution is 4.95. The van der Waals surface area contributed by atoms with Crippen molar-refractivity contribution in [1.82, 2.24) is 10.2 Å². The van der Waals surface area contributed by atoms with E-state index in [1.54, 1.807) is 0 Å². The van der Waals surface area contributed by atoms with E-state index in [-0.39, 0.29) is 0 Å². The van der Waals surface area contributed by atoms with Crippen LogP contribution in [0.2, 0.25) is 0 Å². The maximum absolute atomic E-state index is 3.66. The van der Waals surface area contributed by atoms with Gasteiger partial charge in [0.05, 0.1) is 0 Å². The average molecular weight is 184 g/mol. The van der Waals surface area contributed by atoms with E-state index in [2.05, 4.69) is 44.8 Å². The SMILES string of the molecule is CC(C)NC1(C)CCN(C(C)C)C1. The summed E-state index contributed by atoms with van der Waals surface area (Å²) in [5, 5.41) is 3.66. The highest BCUT2D eigenvalue weighted by atomic mass is 15.2. The zero-order chi connectivity index (χ0) is 10.1. The molecular weight excluding hydrogens is 160 g/mol. The zero-order valence-electron chi connectivity index (χ0n) is 9.72. The Morgan fingerprint density at radius 3 is 2.23 bits per heavy atom. The van der Waals surface area contributed by atoms with E-state index < -0.39 is 0 Å². The van der Waals surface area contributed by atoms with Gasteiger partial charge >= 0.3 is 0 Å². The van der Waals surface area contributed by atoms with Gasteiger partial charge < -0.3 is 5.32 Å². The fourth-order valence-electron chi connectivity index (χ4n) is 2.25. The van der Waals surface area contributed by atoms with Crippen LogP contribution >= 0.6 is 0 Å². The Hall–Kier alpha value is -0.0800. The molecule has 0 spiro atoms. The van der Waals surface area contributed by atoms with Gasteiger partial charge in [0.25, 0.3) is 0 Å². The van der Waals surface area contributed by atoms with Crippen LogP contribution in [0, 0.1) is 0 Å². The number of hydrogen-bond donors (Lipinski definition) is 1. The number of nitrogens with zero attached hydrogens (tertiary/aromatic N) is 1. The fourth-order valence-corrected chi connectivity index (χ4v) is 2.25. The zero-order valence-corrected chi connectivity index (χ0v) is 9.72. The molecule has 1 saturated heterocycles. The first-order chi connectivity index (χ1) is 5.93. The second kappa shape index (κ2) is 3.97. The van der Waals surface area contributed by atoms with E-state index >= 15 is 0 Å². The molecule has 0 radical (unpaired) electrons. The summed E-state index contributed by atoms with van der Waals surface area (Å²) in [6.45, 7) is 13.8. The molecule has 2 nitrogen and oxygen atoms in total. The number of nitrogens with one attached hydrogen (secondary N) is 1. The predicted molar refractivity (Wildman–Crippen MR) is 58.0 cm³/mol. The molecule has 1 unspecified atom stereocenters. The Bertz CT molecular complexity index is 165. The molecule has 0 aromatic heterocycles. The van der Waals surface area contributed by atoms with Crippen LogP contribution in [-0.4, -0.2) is 35.6 Å². The number of rotatable bonds is 3. The standard InChI is InChI=1S/C11H24N2/c1-9(2)12-11(5)6-7-13(8-11)10(3)4/h9-10,12H,6-8H2,1-5H3. The van der Waals surface area contributed by atoms with E-state index in [4.69, 9.17) is 0 Å². The molecule has 0 bridgehead atoms. The molecule has 1 atom stereocenters. The summed E-state index contributed by atoms with van der Waals surface area (Å²) in [6, 6.07) is 1.29. The van der Waals surface area contributed by atoms with Crippen molar-refractivity contribution in [3.05, 3.63) is 0 Å². The summed E-state index contributed by atoms with van der Waals surface area (Å²) in [6.07, 6.45) is 1.28. The summed E-state index contributed by atoms with van der Waals surface area (Å²) in [7, 11) is 0. The summed E-state index contributed by atoms with van der Waals surface area (Å²) in [4.78, 5) is 2.55. The highest BCUT2D eigenvalue weighted by Gasteiger charge is 2.34. The van der Waals surface area contributed by atoms with Crippen LogP contribution in [0.25, 0.3) is 0 Å². The topological polar surface area (TPSA) is 15.3 Å². The third-order valence-corrected chi connectivity index (χ3v) is 2.87. The van der Waals surface area contributed by atoms with Crippen molar-refractivity contribution in [2.24, 2.45) is 0 Å². The van der Waals surface area contributed by atoms with Gasteiger partial charge in [-0.2, -0.15) is 0 Å². The Labute approximate surface area is 82.7 Å². The molecular formula is C11H24N2. The van der Waals surface area contributed by atoms with E-state index in [0.29, 0.717) is 17.6 Å². The maximum atomic E-state index is 3.66. The Morgan fingerprint density at radius 2 is 1.85 bits per heavy atom. The maximum Gasteiger partial charge on any atom is 0.0294 e. The van der Waals surface area contributed by atoms with Crippen LogP contribution in [0.15, 0.2) is 0 Å². The van der Waals surface area contributed by atoms with Gasteiger partial charge in [0.1, 0.15) is 0 Å². The minimum absolute atomic E-state index is 0.346. The normalized spacial score (nSPS) is 30.7. The number of likely N-dealkylation sites (tertiary alicyclic amines) is 1. The molecule has 0 amide bonds. The lowest BCUT2D eigenvalue weighted by Crippen LogP contribution is -2.48. The molecule has 0 saturated carbocycles. The minimum atomic E-state index is 0.346. The number of hydrogen-bond acceptors (Lipinski definition) is 2. The van der Waals surface area contributed by atoms with Gasteiger partial charge in [-0.3, -0.25) is 4.90 Å². The van der Waals surface area contributed by atoms with E-state index in [9.17, 15) is 0 Å². The lowest BCUT2D eigenvalue weighted by molar-refractivity contribution is 0.241. The van der Waals surface area contributed by atoms with Crippen molar-refractivity contribution in [2.75, 3.05) is 13.1 Å². The quantitative estimate of drug-likeness (QED) is 0.720. The Balaban J connectivity index is 2.46. The van der Waals surface area contributed by atoms with Gasteiger partial charge in [0, 0.05) is 30.7 Å². The van der Waals surface area contributed by atoms with Crippen LogP contribution in [-0.2, 0) is 0 Å². The van der Waals surface area contributed by atoms with E-state index in [1.165, 1.54) is 19.5 Å². The molecule has 0 aromatic carbocycles. The summed E-state index contributed by atoms with van der Waals surface area (Å²) < 4.78 is 0. The molecule has 13 heavy (non-hydrogen) atoms. The van der Waals surface area contributed by atoms with Crippen LogP contribution < -0.4 is 5.32 Å². The molecule has 1 aliphatic rings. The largest absolute Gasteiger partial charge is 0.308 e. The molecule has 78 valence electrons. The fraction of sp³-hybridized carbons (Fsp3) is 1.00. The first-order valence-electron chi connectivity index (χ1n) is 5.45. The van der Waals surface area contributed by atoms with Crippen molar-refractivity contribution in [2.45, 2.75) is 58.7 Å². The lowest BCUT2D eigenvalue weighted by Gasteiger charge is -2.29. The van der Waals surface area contributed by atoms with Crippen LogP contribution in [0.5, 0.6) is 0 Å². The third kappa shape index (κ3) is 2.96. The smallest absolute Gasteiger partial charge is 0.0294 e. The van der Waals surface area contributed by atoms with E-state index in [1.807, 2.05) is 0 Å². The molecule has 1 N–H and O–H groups in total. The van der Waals surface area contributed by atoms with Crippen LogP contribution in [0.1, 0.15) is 41.0 Å². The molecule has 2 heteroatoms. The second-order valence-corrected chi connectivity index (χ2v) is 5.17. The van der Waals surface area contributed by atoms with Gasteiger partial charge in [-0.15, -0.1) is 0 Å². The van der Waals surface area contributed by atoms with Crippen molar-refractivity contribution in [3.8, 4) is 0 Å². The Morgan fingerprint density at radius 1 is 1.23 bits per heavy atom. The minimum Gasteiger partial charge on any atom is -0.308 e. The molecule has 1 rings (SSSR count). The van der Waals surface area contributed by atoms with Crippen LogP contribution in [0.3, 0.4) is 0 Å². The molecule has 1 aliphatic heterocycles. The third-order valence-electron chi connectivity index (χ3n) is 2.87. The van der Waals surface area contributed by atoms with Gasteiger partial charge in [0.2, 0.25) is 0 Å². The van der Waals surface area contributed by atoms with Gasteiger partial charge in [0.15, 0.2) is 0 Å². The van der Waals surface area contributed by atoms with Gasteiger partial charge in [-0.25, -0.2) is 0 Å². The molecule has 0 aromatic rings. The molecule has 1 fully saturated rings. The Kier molecular flexibility index (Phi) is 3.36. The summed E-state index contributed by atoms with van der Waals surface area (Å²) in [5.74, 6) is 0. The lowest BCUT2D eigenvalue weighted by atomic mass is 10.0. The van der Waals surface area contributed by atoms with Crippen LogP contribution in [0.4, 0.5) is 0 Å². The van der Waals surface area contributed by atoms with Gasteiger partial charge in [-0.1, -0.05) is 13.8 Å². The predicted octanol–water partition coefficient (Wildman–Crippen LogP) is 1.86.